The number of nitrogens with two attached hydrogens (primary N) is 1. The van der Waals surface area contributed by atoms with E-state index in [1.807, 2.05) is 29.2 Å². The van der Waals surface area contributed by atoms with Gasteiger partial charge in [0.2, 0.25) is 0 Å². The Labute approximate surface area is 176 Å². The Hall–Kier alpha value is -2.96. The number of rotatable bonds is 7. The minimum Gasteiger partial charge on any atom is -0.398 e. The molecule has 30 heavy (non-hydrogen) atoms. The van der Waals surface area contributed by atoms with E-state index in [1.165, 1.54) is 17.3 Å². The first-order chi connectivity index (χ1) is 14.7. The van der Waals surface area contributed by atoms with Crippen LogP contribution in [0.5, 0.6) is 0 Å². The van der Waals surface area contributed by atoms with E-state index in [4.69, 9.17) is 16.1 Å². The van der Waals surface area contributed by atoms with Crippen molar-refractivity contribution in [3.05, 3.63) is 53.1 Å². The van der Waals surface area contributed by atoms with Gasteiger partial charge in [-0.15, -0.1) is 0 Å². The molecule has 4 rings (SSSR count). The second kappa shape index (κ2) is 8.81. The van der Waals surface area contributed by atoms with Gasteiger partial charge in [-0.3, -0.25) is 0 Å². The average molecular weight is 405 g/mol. The third kappa shape index (κ3) is 3.64. The van der Waals surface area contributed by atoms with Crippen LogP contribution in [0.25, 0.3) is 22.2 Å². The Kier molecular flexibility index (Phi) is 5.97. The van der Waals surface area contributed by atoms with Gasteiger partial charge in [0.25, 0.3) is 0 Å². The number of aliphatic hydroxyl groups is 2. The number of pyridine rings is 1. The summed E-state index contributed by atoms with van der Waals surface area (Å²) in [6.07, 6.45) is 5.56. The predicted molar refractivity (Wildman–Crippen MR) is 123 cm³/mol. The molecule has 6 heteroatoms. The number of anilines is 2. The Morgan fingerprint density at radius 2 is 1.63 bits per heavy atom. The Morgan fingerprint density at radius 3 is 2.27 bits per heavy atom. The van der Waals surface area contributed by atoms with Crippen LogP contribution >= 0.6 is 0 Å². The number of nitrogens with one attached hydrogen (secondary N) is 1. The maximum Gasteiger partial charge on any atom is 0.0744 e. The molecule has 2 aromatic carbocycles. The molecule has 1 aliphatic rings. The highest BCUT2D eigenvalue weighted by Crippen LogP contribution is 2.37. The fourth-order valence-corrected chi connectivity index (χ4v) is 4.50. The van der Waals surface area contributed by atoms with E-state index >= 15 is 0 Å². The van der Waals surface area contributed by atoms with Crippen LogP contribution in [0.15, 0.2) is 36.4 Å². The van der Waals surface area contributed by atoms with Gasteiger partial charge in [-0.05, 0) is 61.1 Å². The van der Waals surface area contributed by atoms with Crippen LogP contribution in [-0.2, 0) is 12.8 Å². The molecule has 0 saturated carbocycles. The number of aryl methyl sites for hydroxylation is 1. The second-order valence-corrected chi connectivity index (χ2v) is 7.71. The first kappa shape index (κ1) is 20.3. The molecule has 0 atom stereocenters. The quantitative estimate of drug-likeness (QED) is 0.357. The van der Waals surface area contributed by atoms with Crippen molar-refractivity contribution >= 4 is 28.5 Å². The van der Waals surface area contributed by atoms with E-state index in [0.29, 0.717) is 18.8 Å². The maximum absolute atomic E-state index is 9.29. The fourth-order valence-electron chi connectivity index (χ4n) is 4.50. The normalized spacial score (nSPS) is 13.3. The van der Waals surface area contributed by atoms with Gasteiger partial charge in [0.05, 0.1) is 24.4 Å². The van der Waals surface area contributed by atoms with Crippen molar-refractivity contribution in [2.24, 2.45) is 0 Å². The number of benzene rings is 2. The van der Waals surface area contributed by atoms with Gasteiger partial charge in [-0.25, -0.2) is 4.98 Å². The van der Waals surface area contributed by atoms with Gasteiger partial charge < -0.3 is 26.3 Å². The smallest absolute Gasteiger partial charge is 0.0744 e. The van der Waals surface area contributed by atoms with Crippen LogP contribution in [-0.4, -0.2) is 47.7 Å². The monoisotopic (exact) mass is 404 g/mol. The van der Waals surface area contributed by atoms with Crippen molar-refractivity contribution < 1.29 is 10.2 Å². The van der Waals surface area contributed by atoms with Crippen molar-refractivity contribution in [3.63, 3.8) is 0 Å². The summed E-state index contributed by atoms with van der Waals surface area (Å²) in [7, 11) is 0. The molecule has 1 aromatic heterocycles. The lowest BCUT2D eigenvalue weighted by Gasteiger charge is -2.24. The Balaban J connectivity index is 1.83. The van der Waals surface area contributed by atoms with Crippen LogP contribution in [0.3, 0.4) is 0 Å². The molecule has 0 spiro atoms. The number of nitrogen functional groups attached to an aromatic ring is 1. The first-order valence-corrected chi connectivity index (χ1v) is 10.5. The third-order valence-corrected chi connectivity index (χ3v) is 5.94. The summed E-state index contributed by atoms with van der Waals surface area (Å²) in [4.78, 5) is 6.97. The fraction of sp³-hybridized carbons (Fsp3) is 0.333. The molecule has 0 radical (unpaired) electrons. The van der Waals surface area contributed by atoms with Crippen molar-refractivity contribution in [3.8, 4) is 11.3 Å². The summed E-state index contributed by atoms with van der Waals surface area (Å²) < 4.78 is 0. The molecule has 0 bridgehead atoms. The third-order valence-electron chi connectivity index (χ3n) is 5.94. The molecule has 1 aliphatic carbocycles. The van der Waals surface area contributed by atoms with Gasteiger partial charge in [0.1, 0.15) is 0 Å². The predicted octanol–water partition coefficient (Wildman–Crippen LogP) is 3.15. The van der Waals surface area contributed by atoms with Crippen molar-refractivity contribution in [2.45, 2.75) is 25.7 Å². The molecule has 0 aliphatic heterocycles. The molecule has 0 amide bonds. The standard InChI is InChI=1S/C24H28N4O2/c25-15-20-21(26)9-10-22-23(20)18-3-1-2-4-19(18)24(27-22)16-5-7-17(8-6-16)28(11-13-29)12-14-30/h5-10,15,25,29-30H,1-4,11-14,26H2. The lowest BCUT2D eigenvalue weighted by atomic mass is 9.85. The molecule has 0 unspecified atom stereocenters. The van der Waals surface area contributed by atoms with Crippen LogP contribution in [0.1, 0.15) is 29.5 Å². The molecular formula is C24H28N4O2. The lowest BCUT2D eigenvalue weighted by molar-refractivity contribution is 0.281. The summed E-state index contributed by atoms with van der Waals surface area (Å²) in [5.74, 6) is 0. The van der Waals surface area contributed by atoms with Crippen molar-refractivity contribution in [2.75, 3.05) is 36.9 Å². The van der Waals surface area contributed by atoms with E-state index in [0.717, 1.165) is 59.1 Å². The van der Waals surface area contributed by atoms with Crippen LogP contribution < -0.4 is 10.6 Å². The highest BCUT2D eigenvalue weighted by atomic mass is 16.3. The Bertz CT molecular complexity index is 1060. The second-order valence-electron chi connectivity index (χ2n) is 7.71. The summed E-state index contributed by atoms with van der Waals surface area (Å²) in [5.41, 5.74) is 14.0. The van der Waals surface area contributed by atoms with E-state index in [-0.39, 0.29) is 13.2 Å². The number of hydrogen-bond donors (Lipinski definition) is 4. The molecule has 5 N–H and O–H groups in total. The Morgan fingerprint density at radius 1 is 0.967 bits per heavy atom. The number of aromatic nitrogens is 1. The molecule has 0 saturated heterocycles. The van der Waals surface area contributed by atoms with Crippen molar-refractivity contribution in [1.29, 1.82) is 5.41 Å². The van der Waals surface area contributed by atoms with Gasteiger partial charge in [-0.2, -0.15) is 0 Å². The van der Waals surface area contributed by atoms with E-state index in [1.54, 1.807) is 0 Å². The zero-order valence-electron chi connectivity index (χ0n) is 17.1. The number of aliphatic hydroxyl groups excluding tert-OH is 2. The highest BCUT2D eigenvalue weighted by Gasteiger charge is 2.21. The van der Waals surface area contributed by atoms with Crippen molar-refractivity contribution in [1.82, 2.24) is 4.98 Å². The highest BCUT2D eigenvalue weighted by molar-refractivity contribution is 6.05. The summed E-state index contributed by atoms with van der Waals surface area (Å²) in [6.45, 7) is 1.05. The van der Waals surface area contributed by atoms with Crippen LogP contribution in [0, 0.1) is 5.41 Å². The van der Waals surface area contributed by atoms with E-state index in [9.17, 15) is 10.2 Å². The summed E-state index contributed by atoms with van der Waals surface area (Å²) >= 11 is 0. The number of fused-ring (bicyclic) bond motifs is 3. The maximum atomic E-state index is 9.29. The summed E-state index contributed by atoms with van der Waals surface area (Å²) in [6, 6.07) is 12.0. The largest absolute Gasteiger partial charge is 0.398 e. The number of nitrogens with zero attached hydrogens (tertiary/aromatic N) is 2. The first-order valence-electron chi connectivity index (χ1n) is 10.5. The molecule has 0 fully saturated rings. The van der Waals surface area contributed by atoms with Crippen LogP contribution in [0.4, 0.5) is 11.4 Å². The van der Waals surface area contributed by atoms with Gasteiger partial charge in [0, 0.05) is 47.2 Å². The lowest BCUT2D eigenvalue weighted by Crippen LogP contribution is -2.29. The van der Waals surface area contributed by atoms with Gasteiger partial charge in [-0.1, -0.05) is 12.1 Å². The summed E-state index contributed by atoms with van der Waals surface area (Å²) in [5, 5.41) is 27.5. The number of hydrogen-bond acceptors (Lipinski definition) is 6. The average Bonchev–Trinajstić information content (AvgIpc) is 2.78. The topological polar surface area (TPSA) is 106 Å². The SMILES string of the molecule is N=Cc1c(N)ccc2nc(-c3ccc(N(CCO)CCO)cc3)c3c(c12)CCCC3. The minimum atomic E-state index is 0.0416. The molecule has 156 valence electrons. The zero-order chi connectivity index (χ0) is 21.1. The van der Waals surface area contributed by atoms with Gasteiger partial charge in [0.15, 0.2) is 0 Å². The molecule has 1 heterocycles. The molecule has 6 nitrogen and oxygen atoms in total. The van der Waals surface area contributed by atoms with Crippen LogP contribution in [0.2, 0.25) is 0 Å². The van der Waals surface area contributed by atoms with Gasteiger partial charge >= 0.3 is 0 Å². The minimum absolute atomic E-state index is 0.0416. The van der Waals surface area contributed by atoms with E-state index < -0.39 is 0 Å². The zero-order valence-corrected chi connectivity index (χ0v) is 17.1. The molecular weight excluding hydrogens is 376 g/mol. The molecule has 3 aromatic rings. The van der Waals surface area contributed by atoms with E-state index in [2.05, 4.69) is 12.1 Å².